The molecule has 21 heavy (non-hydrogen) atoms. The second-order valence-corrected chi connectivity index (χ2v) is 7.91. The van der Waals surface area contributed by atoms with Crippen molar-refractivity contribution in [3.8, 4) is 0 Å². The predicted molar refractivity (Wildman–Crippen MR) is 91.3 cm³/mol. The van der Waals surface area contributed by atoms with Gasteiger partial charge in [0.1, 0.15) is 0 Å². The van der Waals surface area contributed by atoms with Crippen LogP contribution >= 0.6 is 15.9 Å². The second-order valence-electron chi connectivity index (χ2n) is 6.99. The van der Waals surface area contributed by atoms with Gasteiger partial charge in [0, 0.05) is 28.8 Å². The van der Waals surface area contributed by atoms with E-state index in [-0.39, 0.29) is 0 Å². The summed E-state index contributed by atoms with van der Waals surface area (Å²) in [6, 6.07) is 4.87. The first-order chi connectivity index (χ1) is 10.2. The van der Waals surface area contributed by atoms with Gasteiger partial charge < -0.3 is 5.32 Å². The van der Waals surface area contributed by atoms with Crippen molar-refractivity contribution in [2.24, 2.45) is 17.8 Å². The van der Waals surface area contributed by atoms with E-state index in [2.05, 4.69) is 45.3 Å². The molecule has 0 radical (unpaired) electrons. The van der Waals surface area contributed by atoms with Gasteiger partial charge in [0.05, 0.1) is 0 Å². The average Bonchev–Trinajstić information content (AvgIpc) is 3.09. The van der Waals surface area contributed by atoms with E-state index in [1.807, 2.05) is 6.20 Å². The van der Waals surface area contributed by atoms with Crippen LogP contribution in [0.2, 0.25) is 0 Å². The highest BCUT2D eigenvalue weighted by atomic mass is 79.9. The Kier molecular flexibility index (Phi) is 5.33. The molecule has 4 atom stereocenters. The first-order valence-electron chi connectivity index (χ1n) is 8.58. The van der Waals surface area contributed by atoms with Crippen LogP contribution in [-0.4, -0.2) is 17.6 Å². The smallest absolute Gasteiger partial charge is 0.0419 e. The highest BCUT2D eigenvalue weighted by molar-refractivity contribution is 9.10. The van der Waals surface area contributed by atoms with Gasteiger partial charge in [-0.1, -0.05) is 13.3 Å². The van der Waals surface area contributed by atoms with Crippen molar-refractivity contribution in [1.29, 1.82) is 0 Å². The van der Waals surface area contributed by atoms with Crippen molar-refractivity contribution < 1.29 is 0 Å². The molecule has 1 aromatic heterocycles. The van der Waals surface area contributed by atoms with Crippen molar-refractivity contribution in [1.82, 2.24) is 10.3 Å². The summed E-state index contributed by atoms with van der Waals surface area (Å²) in [5, 5.41) is 3.77. The minimum Gasteiger partial charge on any atom is -0.314 e. The molecule has 2 nitrogen and oxygen atoms in total. The number of nitrogens with one attached hydrogen (secondary N) is 1. The maximum Gasteiger partial charge on any atom is 0.0419 e. The number of pyridine rings is 1. The molecule has 116 valence electrons. The molecule has 3 heteroatoms. The minimum absolute atomic E-state index is 0.600. The Balaban J connectivity index is 1.59. The van der Waals surface area contributed by atoms with Crippen LogP contribution in [0.15, 0.2) is 22.8 Å². The molecule has 3 rings (SSSR count). The van der Waals surface area contributed by atoms with Gasteiger partial charge in [-0.2, -0.15) is 0 Å². The summed E-state index contributed by atoms with van der Waals surface area (Å²) >= 11 is 3.47. The van der Waals surface area contributed by atoms with E-state index in [1.165, 1.54) is 44.2 Å². The van der Waals surface area contributed by atoms with Gasteiger partial charge in [-0.15, -0.1) is 0 Å². The molecule has 4 unspecified atom stereocenters. The summed E-state index contributed by atoms with van der Waals surface area (Å²) < 4.78 is 1.07. The molecule has 0 aromatic carbocycles. The number of nitrogens with zero attached hydrogens (tertiary/aromatic N) is 1. The van der Waals surface area contributed by atoms with Crippen LogP contribution in [0.4, 0.5) is 0 Å². The van der Waals surface area contributed by atoms with Crippen LogP contribution in [0.1, 0.15) is 51.1 Å². The lowest BCUT2D eigenvalue weighted by atomic mass is 9.83. The third-order valence-corrected chi connectivity index (χ3v) is 5.87. The van der Waals surface area contributed by atoms with Crippen LogP contribution in [0.3, 0.4) is 0 Å². The zero-order chi connectivity index (χ0) is 14.7. The third-order valence-electron chi connectivity index (χ3n) is 5.40. The van der Waals surface area contributed by atoms with Crippen molar-refractivity contribution in [3.05, 3.63) is 28.5 Å². The first kappa shape index (κ1) is 15.5. The van der Waals surface area contributed by atoms with E-state index in [4.69, 9.17) is 0 Å². The fraction of sp³-hybridized carbons (Fsp3) is 0.722. The molecule has 2 fully saturated rings. The van der Waals surface area contributed by atoms with E-state index in [9.17, 15) is 0 Å². The van der Waals surface area contributed by atoms with Gasteiger partial charge in [0.25, 0.3) is 0 Å². The lowest BCUT2D eigenvalue weighted by molar-refractivity contribution is 0.276. The Morgan fingerprint density at radius 2 is 2.24 bits per heavy atom. The number of hydrogen-bond acceptors (Lipinski definition) is 2. The highest BCUT2D eigenvalue weighted by Crippen LogP contribution is 2.49. The summed E-state index contributed by atoms with van der Waals surface area (Å²) in [5.41, 5.74) is 1.22. The Morgan fingerprint density at radius 3 is 2.86 bits per heavy atom. The fourth-order valence-corrected chi connectivity index (χ4v) is 4.63. The average molecular weight is 351 g/mol. The molecular formula is C18H27BrN2. The lowest BCUT2D eigenvalue weighted by Crippen LogP contribution is -2.35. The standard InChI is InChI=1S/C18H27BrN2/c1-2-7-20-18(11-17-6-5-16(19)12-21-17)10-15-9-13-3-4-14(15)8-13/h5-6,12-15,18,20H,2-4,7-11H2,1H3. The lowest BCUT2D eigenvalue weighted by Gasteiger charge is -2.27. The van der Waals surface area contributed by atoms with Crippen LogP contribution in [0.25, 0.3) is 0 Å². The minimum atomic E-state index is 0.600. The van der Waals surface area contributed by atoms with E-state index < -0.39 is 0 Å². The highest BCUT2D eigenvalue weighted by Gasteiger charge is 2.40. The topological polar surface area (TPSA) is 24.9 Å². The maximum absolute atomic E-state index is 4.56. The van der Waals surface area contributed by atoms with E-state index >= 15 is 0 Å². The molecule has 0 aliphatic heterocycles. The van der Waals surface area contributed by atoms with Crippen molar-refractivity contribution >= 4 is 15.9 Å². The molecule has 2 aliphatic carbocycles. The van der Waals surface area contributed by atoms with Gasteiger partial charge in [-0.05, 0) is 84.5 Å². The molecule has 2 saturated carbocycles. The number of fused-ring (bicyclic) bond motifs is 2. The zero-order valence-corrected chi connectivity index (χ0v) is 14.6. The van der Waals surface area contributed by atoms with Crippen LogP contribution in [0, 0.1) is 17.8 Å². The molecule has 0 spiro atoms. The number of aromatic nitrogens is 1. The Hall–Kier alpha value is -0.410. The molecule has 1 N–H and O–H groups in total. The van der Waals surface area contributed by atoms with Gasteiger partial charge in [-0.3, -0.25) is 4.98 Å². The molecule has 0 saturated heterocycles. The normalized spacial score (nSPS) is 29.0. The monoisotopic (exact) mass is 350 g/mol. The van der Waals surface area contributed by atoms with Crippen molar-refractivity contribution in [3.63, 3.8) is 0 Å². The molecule has 2 aliphatic rings. The van der Waals surface area contributed by atoms with Crippen molar-refractivity contribution in [2.45, 2.75) is 57.9 Å². The van der Waals surface area contributed by atoms with E-state index in [0.29, 0.717) is 6.04 Å². The number of rotatable bonds is 7. The largest absolute Gasteiger partial charge is 0.314 e. The van der Waals surface area contributed by atoms with Crippen LogP contribution < -0.4 is 5.32 Å². The molecule has 0 amide bonds. The summed E-state index contributed by atoms with van der Waals surface area (Å²) in [5.74, 6) is 3.05. The molecule has 1 aromatic rings. The van der Waals surface area contributed by atoms with Crippen LogP contribution in [-0.2, 0) is 6.42 Å². The summed E-state index contributed by atoms with van der Waals surface area (Å²) in [4.78, 5) is 4.56. The van der Waals surface area contributed by atoms with Gasteiger partial charge in [-0.25, -0.2) is 0 Å². The SMILES string of the molecule is CCCNC(Cc1ccc(Br)cn1)CC1CC2CCC1C2. The van der Waals surface area contributed by atoms with Gasteiger partial charge in [0.15, 0.2) is 0 Å². The van der Waals surface area contributed by atoms with Crippen LogP contribution in [0.5, 0.6) is 0 Å². The number of halogens is 1. The quantitative estimate of drug-likeness (QED) is 0.778. The fourth-order valence-electron chi connectivity index (χ4n) is 4.40. The Labute approximate surface area is 137 Å². The Bertz CT molecular complexity index is 445. The zero-order valence-electron chi connectivity index (χ0n) is 13.0. The molecule has 1 heterocycles. The van der Waals surface area contributed by atoms with Gasteiger partial charge >= 0.3 is 0 Å². The maximum atomic E-state index is 4.56. The third kappa shape index (κ3) is 4.07. The molecular weight excluding hydrogens is 324 g/mol. The summed E-state index contributed by atoms with van der Waals surface area (Å²) in [6.45, 7) is 3.38. The summed E-state index contributed by atoms with van der Waals surface area (Å²) in [6.07, 6.45) is 11.5. The predicted octanol–water partition coefficient (Wildman–Crippen LogP) is 4.58. The second kappa shape index (κ2) is 7.23. The Morgan fingerprint density at radius 1 is 1.33 bits per heavy atom. The van der Waals surface area contributed by atoms with E-state index in [0.717, 1.165) is 35.2 Å². The first-order valence-corrected chi connectivity index (χ1v) is 9.37. The van der Waals surface area contributed by atoms with Gasteiger partial charge in [0.2, 0.25) is 0 Å². The molecule has 2 bridgehead atoms. The number of hydrogen-bond donors (Lipinski definition) is 1. The van der Waals surface area contributed by atoms with Crippen molar-refractivity contribution in [2.75, 3.05) is 6.54 Å². The summed E-state index contributed by atoms with van der Waals surface area (Å²) in [7, 11) is 0. The van der Waals surface area contributed by atoms with E-state index in [1.54, 1.807) is 0 Å².